The molecule has 2 N–H and O–H groups in total. The molecule has 0 radical (unpaired) electrons. The zero-order valence-electron chi connectivity index (χ0n) is 13.3. The summed E-state index contributed by atoms with van der Waals surface area (Å²) in [4.78, 5) is 16.5. The van der Waals surface area contributed by atoms with Crippen LogP contribution in [-0.2, 0) is 11.2 Å². The van der Waals surface area contributed by atoms with Gasteiger partial charge in [0.15, 0.2) is 5.13 Å². The Morgan fingerprint density at radius 3 is 2.48 bits per heavy atom. The van der Waals surface area contributed by atoms with Crippen LogP contribution in [0.25, 0.3) is 11.3 Å². The number of rotatable bonds is 6. The van der Waals surface area contributed by atoms with E-state index in [1.54, 1.807) is 7.11 Å². The van der Waals surface area contributed by atoms with Crippen LogP contribution in [0.1, 0.15) is 4.88 Å². The Kier molecular flexibility index (Phi) is 5.35. The van der Waals surface area contributed by atoms with Crippen LogP contribution < -0.4 is 10.1 Å². The van der Waals surface area contributed by atoms with Crippen molar-refractivity contribution < 1.29 is 14.6 Å². The maximum absolute atomic E-state index is 11.2. The van der Waals surface area contributed by atoms with Crippen molar-refractivity contribution in [1.82, 2.24) is 4.98 Å². The minimum absolute atomic E-state index is 0.0684. The molecule has 1 heterocycles. The van der Waals surface area contributed by atoms with E-state index in [9.17, 15) is 9.90 Å². The molecule has 3 rings (SSSR count). The molecule has 5 nitrogen and oxygen atoms in total. The lowest BCUT2D eigenvalue weighted by molar-refractivity contribution is -0.136. The molecule has 0 spiro atoms. The highest BCUT2D eigenvalue weighted by Gasteiger charge is 2.16. The predicted molar refractivity (Wildman–Crippen MR) is 103 cm³/mol. The zero-order valence-corrected chi connectivity index (χ0v) is 15.7. The summed E-state index contributed by atoms with van der Waals surface area (Å²) < 4.78 is 6.15. The van der Waals surface area contributed by atoms with E-state index >= 15 is 0 Å². The number of methoxy groups -OCH3 is 1. The first-order valence-corrected chi connectivity index (χ1v) is 9.04. The van der Waals surface area contributed by atoms with Gasteiger partial charge in [0, 0.05) is 20.6 Å². The zero-order chi connectivity index (χ0) is 17.8. The van der Waals surface area contributed by atoms with E-state index in [4.69, 9.17) is 4.74 Å². The summed E-state index contributed by atoms with van der Waals surface area (Å²) >= 11 is 4.75. The van der Waals surface area contributed by atoms with Gasteiger partial charge in [-0.25, -0.2) is 4.98 Å². The van der Waals surface area contributed by atoms with Crippen molar-refractivity contribution in [3.63, 3.8) is 0 Å². The number of aliphatic carboxylic acids is 1. The Morgan fingerprint density at radius 1 is 1.20 bits per heavy atom. The van der Waals surface area contributed by atoms with Crippen LogP contribution in [0.4, 0.5) is 10.8 Å². The SMILES string of the molecule is COc1ccc(-c2nc(Nc3ccc(Br)cc3)sc2CC(=O)O)cc1. The molecule has 25 heavy (non-hydrogen) atoms. The van der Waals surface area contributed by atoms with E-state index < -0.39 is 5.97 Å². The summed E-state index contributed by atoms with van der Waals surface area (Å²) in [5.41, 5.74) is 2.42. The number of nitrogens with one attached hydrogen (secondary N) is 1. The first-order chi connectivity index (χ1) is 12.0. The molecule has 1 aromatic heterocycles. The number of benzene rings is 2. The number of ether oxygens (including phenoxy) is 1. The number of hydrogen-bond acceptors (Lipinski definition) is 5. The lowest BCUT2D eigenvalue weighted by atomic mass is 10.1. The Morgan fingerprint density at radius 2 is 1.88 bits per heavy atom. The molecule has 128 valence electrons. The Balaban J connectivity index is 1.93. The molecule has 0 saturated heterocycles. The van der Waals surface area contributed by atoms with Crippen molar-refractivity contribution in [2.24, 2.45) is 0 Å². The molecule has 0 atom stereocenters. The summed E-state index contributed by atoms with van der Waals surface area (Å²) in [5, 5.41) is 13.1. The molecular weight excluding hydrogens is 404 g/mol. The third-order valence-electron chi connectivity index (χ3n) is 3.47. The Hall–Kier alpha value is -2.38. The number of thiazole rings is 1. The van der Waals surface area contributed by atoms with E-state index in [1.807, 2.05) is 48.5 Å². The van der Waals surface area contributed by atoms with E-state index in [0.29, 0.717) is 15.7 Å². The molecule has 0 aliphatic carbocycles. The monoisotopic (exact) mass is 418 g/mol. The second-order valence-electron chi connectivity index (χ2n) is 5.22. The second kappa shape index (κ2) is 7.67. The van der Waals surface area contributed by atoms with E-state index in [2.05, 4.69) is 26.2 Å². The van der Waals surface area contributed by atoms with Gasteiger partial charge in [0.2, 0.25) is 0 Å². The minimum atomic E-state index is -0.881. The van der Waals surface area contributed by atoms with Crippen LogP contribution in [0.2, 0.25) is 0 Å². The predicted octanol–water partition coefficient (Wildman–Crippen LogP) is 4.95. The van der Waals surface area contributed by atoms with Crippen LogP contribution in [0.15, 0.2) is 53.0 Å². The molecular formula is C18H15BrN2O3S. The van der Waals surface area contributed by atoms with Gasteiger partial charge in [0.1, 0.15) is 5.75 Å². The van der Waals surface area contributed by atoms with Crippen LogP contribution in [0.3, 0.4) is 0 Å². The first-order valence-electron chi connectivity index (χ1n) is 7.43. The smallest absolute Gasteiger partial charge is 0.308 e. The normalized spacial score (nSPS) is 10.5. The highest BCUT2D eigenvalue weighted by atomic mass is 79.9. The molecule has 3 aromatic rings. The average Bonchev–Trinajstić information content (AvgIpc) is 2.98. The lowest BCUT2D eigenvalue weighted by Gasteiger charge is -2.03. The topological polar surface area (TPSA) is 71.5 Å². The van der Waals surface area contributed by atoms with Gasteiger partial charge in [-0.2, -0.15) is 0 Å². The maximum atomic E-state index is 11.2. The molecule has 0 unspecified atom stereocenters. The number of nitrogens with zero attached hydrogens (tertiary/aromatic N) is 1. The fraction of sp³-hybridized carbons (Fsp3) is 0.111. The number of carboxylic acid groups (broad SMARTS) is 1. The van der Waals surface area contributed by atoms with Crippen molar-refractivity contribution in [3.05, 3.63) is 57.9 Å². The third-order valence-corrected chi connectivity index (χ3v) is 4.97. The molecule has 0 saturated carbocycles. The fourth-order valence-corrected chi connectivity index (χ4v) is 3.55. The number of hydrogen-bond donors (Lipinski definition) is 2. The third kappa shape index (κ3) is 4.37. The maximum Gasteiger partial charge on any atom is 0.308 e. The van der Waals surface area contributed by atoms with Crippen LogP contribution in [-0.4, -0.2) is 23.2 Å². The molecule has 0 aliphatic heterocycles. The van der Waals surface area contributed by atoms with Gasteiger partial charge < -0.3 is 15.2 Å². The van der Waals surface area contributed by atoms with E-state index in [1.165, 1.54) is 11.3 Å². The number of carboxylic acids is 1. The molecule has 7 heteroatoms. The molecule has 0 aliphatic rings. The summed E-state index contributed by atoms with van der Waals surface area (Å²) in [6.07, 6.45) is -0.0684. The summed E-state index contributed by atoms with van der Waals surface area (Å²) in [5.74, 6) is -0.138. The standard InChI is InChI=1S/C18H15BrN2O3S/c1-24-14-8-2-11(3-9-14)17-15(10-16(22)23)25-18(21-17)20-13-6-4-12(19)5-7-13/h2-9H,10H2,1H3,(H,20,21)(H,22,23). The number of anilines is 2. The largest absolute Gasteiger partial charge is 0.497 e. The minimum Gasteiger partial charge on any atom is -0.497 e. The lowest BCUT2D eigenvalue weighted by Crippen LogP contribution is -1.99. The fourth-order valence-electron chi connectivity index (χ4n) is 2.29. The molecule has 0 bridgehead atoms. The molecule has 0 amide bonds. The van der Waals surface area contributed by atoms with Crippen LogP contribution in [0.5, 0.6) is 5.75 Å². The first kappa shape index (κ1) is 17.4. The molecule has 0 fully saturated rings. The average molecular weight is 419 g/mol. The van der Waals surface area contributed by atoms with Gasteiger partial charge >= 0.3 is 5.97 Å². The summed E-state index contributed by atoms with van der Waals surface area (Å²) in [6, 6.07) is 15.1. The van der Waals surface area contributed by atoms with Crippen molar-refractivity contribution in [3.8, 4) is 17.0 Å². The van der Waals surface area contributed by atoms with Gasteiger partial charge in [-0.1, -0.05) is 15.9 Å². The summed E-state index contributed by atoms with van der Waals surface area (Å²) in [6.45, 7) is 0. The van der Waals surface area contributed by atoms with Gasteiger partial charge in [-0.05, 0) is 48.5 Å². The quantitative estimate of drug-likeness (QED) is 0.592. The summed E-state index contributed by atoms with van der Waals surface area (Å²) in [7, 11) is 1.61. The van der Waals surface area contributed by atoms with E-state index in [-0.39, 0.29) is 6.42 Å². The Labute approximate surface area is 157 Å². The second-order valence-corrected chi connectivity index (χ2v) is 7.22. The van der Waals surface area contributed by atoms with Gasteiger partial charge in [-0.15, -0.1) is 11.3 Å². The van der Waals surface area contributed by atoms with Crippen LogP contribution in [0, 0.1) is 0 Å². The number of halogens is 1. The van der Waals surface area contributed by atoms with E-state index in [0.717, 1.165) is 21.5 Å². The number of aromatic nitrogens is 1. The molecule has 2 aromatic carbocycles. The van der Waals surface area contributed by atoms with Crippen molar-refractivity contribution in [2.45, 2.75) is 6.42 Å². The van der Waals surface area contributed by atoms with Crippen molar-refractivity contribution in [1.29, 1.82) is 0 Å². The van der Waals surface area contributed by atoms with Gasteiger partial charge in [-0.3, -0.25) is 4.79 Å². The Bertz CT molecular complexity index is 876. The number of carbonyl (C=O) groups is 1. The highest BCUT2D eigenvalue weighted by molar-refractivity contribution is 9.10. The highest BCUT2D eigenvalue weighted by Crippen LogP contribution is 2.34. The van der Waals surface area contributed by atoms with Gasteiger partial charge in [0.05, 0.1) is 19.2 Å². The van der Waals surface area contributed by atoms with Crippen LogP contribution >= 0.6 is 27.3 Å². The van der Waals surface area contributed by atoms with Crippen molar-refractivity contribution in [2.75, 3.05) is 12.4 Å². The van der Waals surface area contributed by atoms with Crippen molar-refractivity contribution >= 4 is 44.1 Å². The van der Waals surface area contributed by atoms with Gasteiger partial charge in [0.25, 0.3) is 0 Å².